The van der Waals surface area contributed by atoms with Gasteiger partial charge in [0, 0.05) is 21.0 Å². The lowest BCUT2D eigenvalue weighted by molar-refractivity contribution is 0.646. The summed E-state index contributed by atoms with van der Waals surface area (Å²) in [7, 11) is 0. The van der Waals surface area contributed by atoms with Crippen LogP contribution in [-0.4, -0.2) is 21.0 Å². The zero-order chi connectivity index (χ0) is 5.14. The van der Waals surface area contributed by atoms with Crippen LogP contribution in [0.15, 0.2) is 0 Å². The summed E-state index contributed by atoms with van der Waals surface area (Å²) < 4.78 is 0. The van der Waals surface area contributed by atoms with E-state index < -0.39 is 0 Å². The van der Waals surface area contributed by atoms with E-state index >= 15 is 0 Å². The highest BCUT2D eigenvalue weighted by Gasteiger charge is 2.58. The molecule has 8 heavy (non-hydrogen) atoms. The Bertz CT molecular complexity index is 118. The Balaban J connectivity index is 1.89. The van der Waals surface area contributed by atoms with Gasteiger partial charge in [-0.2, -0.15) is 23.5 Å². The summed E-state index contributed by atoms with van der Waals surface area (Å²) in [5.41, 5.74) is 0. The zero-order valence-electron chi connectivity index (χ0n) is 4.54. The first-order chi connectivity index (χ1) is 3.95. The van der Waals surface area contributed by atoms with Gasteiger partial charge in [-0.3, -0.25) is 0 Å². The molecule has 0 radical (unpaired) electrons. The Morgan fingerprint density at radius 2 is 1.38 bits per heavy atom. The predicted molar refractivity (Wildman–Crippen MR) is 39.6 cm³/mol. The lowest BCUT2D eigenvalue weighted by atomic mass is 10.0. The summed E-state index contributed by atoms with van der Waals surface area (Å²) in [6.07, 6.45) is 3.06. The average Bonchev–Trinajstić information content (AvgIpc) is 2.59. The largest absolute Gasteiger partial charge is 0.152 e. The Labute approximate surface area is 57.8 Å². The number of hydrogen-bond acceptors (Lipinski definition) is 2. The second-order valence-electron chi connectivity index (χ2n) is 2.86. The molecule has 0 bridgehead atoms. The van der Waals surface area contributed by atoms with Gasteiger partial charge in [-0.15, -0.1) is 0 Å². The highest BCUT2D eigenvalue weighted by molar-refractivity contribution is 8.13. The Kier molecular flexibility index (Phi) is 0.698. The van der Waals surface area contributed by atoms with Crippen molar-refractivity contribution in [3.05, 3.63) is 0 Å². The first-order valence-corrected chi connectivity index (χ1v) is 5.14. The monoisotopic (exact) mass is 144 g/mol. The van der Waals surface area contributed by atoms with Crippen molar-refractivity contribution >= 4 is 23.5 Å². The van der Waals surface area contributed by atoms with Gasteiger partial charge in [0.15, 0.2) is 0 Å². The fraction of sp³-hybridized carbons (Fsp3) is 1.00. The van der Waals surface area contributed by atoms with Crippen LogP contribution in [-0.2, 0) is 0 Å². The van der Waals surface area contributed by atoms with Gasteiger partial charge < -0.3 is 0 Å². The third-order valence-electron chi connectivity index (χ3n) is 2.30. The van der Waals surface area contributed by atoms with E-state index in [9.17, 15) is 0 Å². The minimum atomic E-state index is 1.12. The standard InChI is InChI=1S/C6H8S2/c1-2-4-6(8-4)5-3(1)7-5/h3-6H,1-2H2. The van der Waals surface area contributed by atoms with Crippen molar-refractivity contribution in [2.75, 3.05) is 0 Å². The Hall–Kier alpha value is 0.700. The normalized spacial score (nSPS) is 66.0. The summed E-state index contributed by atoms with van der Waals surface area (Å²) in [6, 6.07) is 0. The molecule has 0 amide bonds. The summed E-state index contributed by atoms with van der Waals surface area (Å²) in [5.74, 6) is 0. The van der Waals surface area contributed by atoms with E-state index in [1.165, 1.54) is 12.8 Å². The van der Waals surface area contributed by atoms with Crippen molar-refractivity contribution in [1.29, 1.82) is 0 Å². The molecule has 0 N–H and O–H groups in total. The molecule has 3 rings (SSSR count). The molecule has 1 aliphatic carbocycles. The van der Waals surface area contributed by atoms with Crippen LogP contribution in [0.5, 0.6) is 0 Å². The maximum Gasteiger partial charge on any atom is 0.0299 e. The maximum absolute atomic E-state index is 2.23. The van der Waals surface area contributed by atoms with Crippen molar-refractivity contribution in [3.8, 4) is 0 Å². The Morgan fingerprint density at radius 1 is 0.875 bits per heavy atom. The summed E-state index contributed by atoms with van der Waals surface area (Å²) in [4.78, 5) is 0. The van der Waals surface area contributed by atoms with Crippen LogP contribution in [0, 0.1) is 0 Å². The first kappa shape index (κ1) is 4.51. The summed E-state index contributed by atoms with van der Waals surface area (Å²) in [6.45, 7) is 0. The zero-order valence-corrected chi connectivity index (χ0v) is 6.17. The molecule has 0 aromatic heterocycles. The highest BCUT2D eigenvalue weighted by Crippen LogP contribution is 2.65. The van der Waals surface area contributed by atoms with Gasteiger partial charge in [0.25, 0.3) is 0 Å². The van der Waals surface area contributed by atoms with Gasteiger partial charge in [0.1, 0.15) is 0 Å². The maximum atomic E-state index is 2.23. The van der Waals surface area contributed by atoms with Gasteiger partial charge >= 0.3 is 0 Å². The van der Waals surface area contributed by atoms with E-state index in [-0.39, 0.29) is 0 Å². The van der Waals surface area contributed by atoms with Gasteiger partial charge in [0.05, 0.1) is 0 Å². The van der Waals surface area contributed by atoms with Crippen LogP contribution in [0.4, 0.5) is 0 Å². The molecule has 3 fully saturated rings. The van der Waals surface area contributed by atoms with Crippen molar-refractivity contribution in [2.45, 2.75) is 33.8 Å². The van der Waals surface area contributed by atoms with Gasteiger partial charge in [-0.25, -0.2) is 0 Å². The molecule has 44 valence electrons. The molecular formula is C6H8S2. The SMILES string of the molecule is C1CC2SC2C2SC12. The molecule has 2 heterocycles. The van der Waals surface area contributed by atoms with Crippen LogP contribution >= 0.6 is 23.5 Å². The third kappa shape index (κ3) is 0.462. The molecule has 2 heteroatoms. The molecule has 0 spiro atoms. The minimum Gasteiger partial charge on any atom is -0.152 e. The predicted octanol–water partition coefficient (Wildman–Crippen LogP) is 1.75. The lowest BCUT2D eigenvalue weighted by Crippen LogP contribution is -2.11. The molecule has 4 atom stereocenters. The van der Waals surface area contributed by atoms with Crippen LogP contribution in [0.3, 0.4) is 0 Å². The van der Waals surface area contributed by atoms with Crippen molar-refractivity contribution < 1.29 is 0 Å². The molecule has 0 aromatic carbocycles. The fourth-order valence-corrected chi connectivity index (χ4v) is 4.74. The van der Waals surface area contributed by atoms with E-state index in [2.05, 4.69) is 23.5 Å². The molecule has 0 nitrogen and oxygen atoms in total. The van der Waals surface area contributed by atoms with E-state index in [1.54, 1.807) is 0 Å². The smallest absolute Gasteiger partial charge is 0.0299 e. The topological polar surface area (TPSA) is 0 Å². The molecule has 2 saturated heterocycles. The molecule has 0 aromatic rings. The number of rotatable bonds is 0. The molecule has 1 saturated carbocycles. The highest BCUT2D eigenvalue weighted by atomic mass is 32.2. The van der Waals surface area contributed by atoms with Gasteiger partial charge in [-0.1, -0.05) is 0 Å². The number of fused-ring (bicyclic) bond motifs is 3. The van der Waals surface area contributed by atoms with Crippen molar-refractivity contribution in [3.63, 3.8) is 0 Å². The molecule has 2 aliphatic heterocycles. The number of thioether (sulfide) groups is 2. The van der Waals surface area contributed by atoms with Crippen LogP contribution in [0.25, 0.3) is 0 Å². The first-order valence-electron chi connectivity index (χ1n) is 3.26. The second kappa shape index (κ2) is 1.24. The lowest BCUT2D eigenvalue weighted by Gasteiger charge is -2.00. The number of hydrogen-bond donors (Lipinski definition) is 0. The van der Waals surface area contributed by atoms with E-state index in [0.29, 0.717) is 0 Å². The second-order valence-corrected chi connectivity index (χ2v) is 5.70. The molecule has 3 aliphatic rings. The molecular weight excluding hydrogens is 136 g/mol. The van der Waals surface area contributed by atoms with Crippen LogP contribution in [0.2, 0.25) is 0 Å². The Morgan fingerprint density at radius 3 is 1.88 bits per heavy atom. The molecule has 4 unspecified atom stereocenters. The summed E-state index contributed by atoms with van der Waals surface area (Å²) >= 11 is 4.46. The van der Waals surface area contributed by atoms with Gasteiger partial charge in [-0.05, 0) is 12.8 Å². The van der Waals surface area contributed by atoms with Gasteiger partial charge in [0.2, 0.25) is 0 Å². The summed E-state index contributed by atoms with van der Waals surface area (Å²) in [5, 5.41) is 4.48. The quantitative estimate of drug-likeness (QED) is 0.475. The van der Waals surface area contributed by atoms with Crippen LogP contribution < -0.4 is 0 Å². The average molecular weight is 144 g/mol. The minimum absolute atomic E-state index is 1.12. The van der Waals surface area contributed by atoms with E-state index in [1.807, 2.05) is 0 Å². The van der Waals surface area contributed by atoms with Crippen molar-refractivity contribution in [1.82, 2.24) is 0 Å². The van der Waals surface area contributed by atoms with E-state index in [0.717, 1.165) is 21.0 Å². The third-order valence-corrected chi connectivity index (χ3v) is 5.48. The van der Waals surface area contributed by atoms with E-state index in [4.69, 9.17) is 0 Å². The van der Waals surface area contributed by atoms with Crippen molar-refractivity contribution in [2.24, 2.45) is 0 Å². The van der Waals surface area contributed by atoms with Crippen LogP contribution in [0.1, 0.15) is 12.8 Å². The fourth-order valence-electron chi connectivity index (χ4n) is 1.68.